The Morgan fingerprint density at radius 2 is 1.79 bits per heavy atom. The van der Waals surface area contributed by atoms with E-state index in [-0.39, 0.29) is 0 Å². The van der Waals surface area contributed by atoms with Crippen molar-refractivity contribution in [2.24, 2.45) is 0 Å². The smallest absolute Gasteiger partial charge is 0.233 e. The van der Waals surface area contributed by atoms with E-state index in [1.165, 1.54) is 5.39 Å². The van der Waals surface area contributed by atoms with Gasteiger partial charge in [-0.15, -0.1) is 0 Å². The summed E-state index contributed by atoms with van der Waals surface area (Å²) in [7, 11) is 0. The predicted molar refractivity (Wildman–Crippen MR) is 80.4 cm³/mol. The number of fused-ring (bicyclic) bond motifs is 1. The van der Waals surface area contributed by atoms with Crippen LogP contribution < -0.4 is 10.5 Å². The highest BCUT2D eigenvalue weighted by molar-refractivity contribution is 9.10. The van der Waals surface area contributed by atoms with Crippen LogP contribution in [-0.4, -0.2) is 4.98 Å². The van der Waals surface area contributed by atoms with Crippen LogP contribution in [0, 0.1) is 0 Å². The Kier molecular flexibility index (Phi) is 3.09. The summed E-state index contributed by atoms with van der Waals surface area (Å²) >= 11 is 3.39. The van der Waals surface area contributed by atoms with Gasteiger partial charge in [-0.25, -0.2) is 4.98 Å². The molecule has 1 heterocycles. The molecule has 0 saturated carbocycles. The van der Waals surface area contributed by atoms with Gasteiger partial charge < -0.3 is 10.5 Å². The monoisotopic (exact) mass is 314 g/mol. The van der Waals surface area contributed by atoms with E-state index in [0.29, 0.717) is 11.6 Å². The van der Waals surface area contributed by atoms with E-state index < -0.39 is 0 Å². The fourth-order valence-corrected chi connectivity index (χ4v) is 2.31. The molecule has 0 radical (unpaired) electrons. The van der Waals surface area contributed by atoms with Crippen molar-refractivity contribution < 1.29 is 4.74 Å². The molecular weight excluding hydrogens is 304 g/mol. The van der Waals surface area contributed by atoms with E-state index >= 15 is 0 Å². The number of ether oxygens (including phenoxy) is 1. The van der Waals surface area contributed by atoms with E-state index in [1.807, 2.05) is 36.4 Å². The minimum atomic E-state index is 0.504. The summed E-state index contributed by atoms with van der Waals surface area (Å²) in [6.45, 7) is 0. The number of nitrogens with two attached hydrogens (primary N) is 1. The molecule has 4 heteroatoms. The van der Waals surface area contributed by atoms with Gasteiger partial charge >= 0.3 is 0 Å². The molecule has 94 valence electrons. The third-order valence-corrected chi connectivity index (χ3v) is 3.33. The highest BCUT2D eigenvalue weighted by Crippen LogP contribution is 2.30. The number of halogens is 1. The van der Waals surface area contributed by atoms with E-state index in [9.17, 15) is 0 Å². The minimum Gasteiger partial charge on any atom is -0.438 e. The third-order valence-electron chi connectivity index (χ3n) is 2.76. The van der Waals surface area contributed by atoms with E-state index in [2.05, 4.69) is 27.0 Å². The maximum Gasteiger partial charge on any atom is 0.233 e. The van der Waals surface area contributed by atoms with Crippen molar-refractivity contribution >= 4 is 32.4 Å². The summed E-state index contributed by atoms with van der Waals surface area (Å²) in [4.78, 5) is 4.16. The van der Waals surface area contributed by atoms with Gasteiger partial charge in [0.1, 0.15) is 5.75 Å². The van der Waals surface area contributed by atoms with Crippen LogP contribution in [0.2, 0.25) is 0 Å². The van der Waals surface area contributed by atoms with Gasteiger partial charge in [0.25, 0.3) is 0 Å². The molecule has 2 N–H and O–H groups in total. The van der Waals surface area contributed by atoms with E-state index in [0.717, 1.165) is 15.6 Å². The Hall–Kier alpha value is -2.07. The average Bonchev–Trinajstić information content (AvgIpc) is 2.42. The summed E-state index contributed by atoms with van der Waals surface area (Å²) in [5, 5.41) is 2.31. The lowest BCUT2D eigenvalue weighted by Gasteiger charge is -2.08. The van der Waals surface area contributed by atoms with E-state index in [1.54, 1.807) is 12.3 Å². The summed E-state index contributed by atoms with van der Waals surface area (Å²) in [5.41, 5.74) is 6.24. The van der Waals surface area contributed by atoms with Crippen LogP contribution in [0.4, 0.5) is 5.69 Å². The topological polar surface area (TPSA) is 48.1 Å². The van der Waals surface area contributed by atoms with Crippen molar-refractivity contribution in [3.63, 3.8) is 0 Å². The van der Waals surface area contributed by atoms with Crippen molar-refractivity contribution in [1.82, 2.24) is 4.98 Å². The first-order valence-electron chi connectivity index (χ1n) is 5.80. The van der Waals surface area contributed by atoms with E-state index in [4.69, 9.17) is 10.5 Å². The third kappa shape index (κ3) is 2.53. The molecule has 0 spiro atoms. The van der Waals surface area contributed by atoms with Crippen LogP contribution in [0.15, 0.2) is 59.2 Å². The molecule has 0 fully saturated rings. The molecular formula is C15H11BrN2O. The Morgan fingerprint density at radius 1 is 1.00 bits per heavy atom. The van der Waals surface area contributed by atoms with Gasteiger partial charge in [0.05, 0.1) is 16.4 Å². The molecule has 0 bridgehead atoms. The maximum atomic E-state index is 5.76. The number of pyridine rings is 1. The Morgan fingerprint density at radius 3 is 2.58 bits per heavy atom. The van der Waals surface area contributed by atoms with Gasteiger partial charge in [-0.3, -0.25) is 0 Å². The molecule has 0 atom stereocenters. The molecule has 0 amide bonds. The average molecular weight is 315 g/mol. The largest absolute Gasteiger partial charge is 0.438 e. The first-order chi connectivity index (χ1) is 9.22. The van der Waals surface area contributed by atoms with Gasteiger partial charge in [-0.2, -0.15) is 0 Å². The first-order valence-corrected chi connectivity index (χ1v) is 6.59. The standard InChI is InChI=1S/C15H11BrN2O/c16-14-8-12(17)9-18-15(14)19-13-6-5-10-3-1-2-4-11(10)7-13/h1-9H,17H2. The second-order valence-electron chi connectivity index (χ2n) is 4.17. The molecule has 3 nitrogen and oxygen atoms in total. The molecule has 0 aliphatic carbocycles. The molecule has 3 rings (SSSR count). The van der Waals surface area contributed by atoms with Gasteiger partial charge in [-0.1, -0.05) is 30.3 Å². The van der Waals surface area contributed by atoms with Gasteiger partial charge in [0.2, 0.25) is 5.88 Å². The quantitative estimate of drug-likeness (QED) is 0.764. The van der Waals surface area contributed by atoms with Crippen LogP contribution in [0.25, 0.3) is 10.8 Å². The molecule has 3 aromatic rings. The first kappa shape index (κ1) is 12.0. The van der Waals surface area contributed by atoms with Crippen molar-refractivity contribution in [3.05, 3.63) is 59.2 Å². The normalized spacial score (nSPS) is 10.6. The highest BCUT2D eigenvalue weighted by Gasteiger charge is 2.05. The van der Waals surface area contributed by atoms with Crippen LogP contribution in [0.3, 0.4) is 0 Å². The number of hydrogen-bond acceptors (Lipinski definition) is 3. The van der Waals surface area contributed by atoms with Crippen LogP contribution >= 0.6 is 15.9 Å². The lowest BCUT2D eigenvalue weighted by Crippen LogP contribution is -1.92. The molecule has 0 saturated heterocycles. The maximum absolute atomic E-state index is 5.76. The fraction of sp³-hybridized carbons (Fsp3) is 0. The summed E-state index contributed by atoms with van der Waals surface area (Å²) < 4.78 is 6.50. The second-order valence-corrected chi connectivity index (χ2v) is 5.02. The zero-order valence-electron chi connectivity index (χ0n) is 10.0. The van der Waals surface area contributed by atoms with Gasteiger partial charge in [0.15, 0.2) is 0 Å². The second kappa shape index (κ2) is 4.90. The van der Waals surface area contributed by atoms with Crippen molar-refractivity contribution in [1.29, 1.82) is 0 Å². The zero-order valence-corrected chi connectivity index (χ0v) is 11.6. The van der Waals surface area contributed by atoms with Crippen LogP contribution in [0.1, 0.15) is 0 Å². The summed E-state index contributed by atoms with van der Waals surface area (Å²) in [6.07, 6.45) is 1.57. The molecule has 1 aromatic heterocycles. The fourth-order valence-electron chi connectivity index (χ4n) is 1.86. The number of rotatable bonds is 2. The van der Waals surface area contributed by atoms with Crippen molar-refractivity contribution in [2.75, 3.05) is 5.73 Å². The van der Waals surface area contributed by atoms with Crippen molar-refractivity contribution in [2.45, 2.75) is 0 Å². The van der Waals surface area contributed by atoms with Crippen molar-refractivity contribution in [3.8, 4) is 11.6 Å². The van der Waals surface area contributed by atoms with Gasteiger partial charge in [-0.05, 0) is 44.9 Å². The SMILES string of the molecule is Nc1cnc(Oc2ccc3ccccc3c2)c(Br)c1. The molecule has 19 heavy (non-hydrogen) atoms. The Balaban J connectivity index is 1.96. The molecule has 2 aromatic carbocycles. The highest BCUT2D eigenvalue weighted by atomic mass is 79.9. The lowest BCUT2D eigenvalue weighted by atomic mass is 10.1. The zero-order chi connectivity index (χ0) is 13.2. The number of hydrogen-bond donors (Lipinski definition) is 1. The predicted octanol–water partition coefficient (Wildman–Crippen LogP) is 4.37. The molecule has 0 aliphatic heterocycles. The molecule has 0 unspecified atom stereocenters. The van der Waals surface area contributed by atoms with Crippen LogP contribution in [-0.2, 0) is 0 Å². The Labute approximate surface area is 119 Å². The number of aromatic nitrogens is 1. The lowest BCUT2D eigenvalue weighted by molar-refractivity contribution is 0.460. The van der Waals surface area contributed by atoms with Gasteiger partial charge in [0, 0.05) is 0 Å². The number of nitrogen functional groups attached to an aromatic ring is 1. The summed E-state index contributed by atoms with van der Waals surface area (Å²) in [5.74, 6) is 1.25. The summed E-state index contributed by atoms with van der Waals surface area (Å²) in [6, 6.07) is 15.8. The molecule has 0 aliphatic rings. The van der Waals surface area contributed by atoms with Crippen LogP contribution in [0.5, 0.6) is 11.6 Å². The minimum absolute atomic E-state index is 0.504. The Bertz CT molecular complexity index is 743. The number of benzene rings is 2. The number of anilines is 1. The number of nitrogens with zero attached hydrogens (tertiary/aromatic N) is 1.